The van der Waals surface area contributed by atoms with Gasteiger partial charge in [0.15, 0.2) is 0 Å². The fraction of sp³-hybridized carbons (Fsp3) is 0.333. The Labute approximate surface area is 92.5 Å². The third kappa shape index (κ3) is 3.74. The van der Waals surface area contributed by atoms with E-state index in [4.69, 9.17) is 39.5 Å². The van der Waals surface area contributed by atoms with Gasteiger partial charge in [-0.1, -0.05) is 29.3 Å². The number of benzene rings is 1. The van der Waals surface area contributed by atoms with Crippen LogP contribution in [0.4, 0.5) is 0 Å². The average Bonchev–Trinajstić information content (AvgIpc) is 2.09. The minimum absolute atomic E-state index is 0.475. The summed E-state index contributed by atoms with van der Waals surface area (Å²) in [5, 5.41) is 1.26. The highest BCUT2D eigenvalue weighted by atomic mass is 35.5. The number of halogens is 3. The summed E-state index contributed by atoms with van der Waals surface area (Å²) in [7, 11) is 0. The normalized spacial score (nSPS) is 10.4. The van der Waals surface area contributed by atoms with Gasteiger partial charge in [0.1, 0.15) is 0 Å². The van der Waals surface area contributed by atoms with Gasteiger partial charge in [0.2, 0.25) is 0 Å². The predicted octanol–water partition coefficient (Wildman–Crippen LogP) is 3.75. The number of hydrogen-bond acceptors (Lipinski definition) is 1. The monoisotopic (exact) mass is 238 g/mol. The Hall–Kier alpha value is 0.0500. The lowest BCUT2D eigenvalue weighted by Gasteiger charge is -2.04. The molecular formula is C9H9Cl3O. The zero-order valence-corrected chi connectivity index (χ0v) is 9.16. The minimum atomic E-state index is 0.475. The van der Waals surface area contributed by atoms with Gasteiger partial charge in [-0.05, 0) is 17.7 Å². The molecule has 72 valence electrons. The molecule has 1 nitrogen and oxygen atoms in total. The Morgan fingerprint density at radius 2 is 2.00 bits per heavy atom. The van der Waals surface area contributed by atoms with Crippen molar-refractivity contribution in [3.8, 4) is 0 Å². The third-order valence-corrected chi connectivity index (χ3v) is 2.24. The van der Waals surface area contributed by atoms with E-state index in [0.29, 0.717) is 29.1 Å². The van der Waals surface area contributed by atoms with Crippen LogP contribution < -0.4 is 0 Å². The standard InChI is InChI=1S/C9H9Cl3O/c10-3-4-13-6-7-1-2-8(11)5-9(7)12/h1-2,5H,3-4,6H2. The van der Waals surface area contributed by atoms with E-state index in [0.717, 1.165) is 5.56 Å². The zero-order chi connectivity index (χ0) is 9.68. The molecule has 0 fully saturated rings. The van der Waals surface area contributed by atoms with Gasteiger partial charge >= 0.3 is 0 Å². The van der Waals surface area contributed by atoms with E-state index in [9.17, 15) is 0 Å². The molecule has 1 aromatic carbocycles. The highest BCUT2D eigenvalue weighted by Crippen LogP contribution is 2.21. The molecule has 0 amide bonds. The van der Waals surface area contributed by atoms with Crippen molar-refractivity contribution in [1.29, 1.82) is 0 Å². The molecule has 0 heterocycles. The van der Waals surface area contributed by atoms with Crippen LogP contribution in [0.5, 0.6) is 0 Å². The molecule has 4 heteroatoms. The number of alkyl halides is 1. The molecule has 0 unspecified atom stereocenters. The van der Waals surface area contributed by atoms with Crippen molar-refractivity contribution in [2.24, 2.45) is 0 Å². The van der Waals surface area contributed by atoms with E-state index < -0.39 is 0 Å². The van der Waals surface area contributed by atoms with Crippen LogP contribution in [0.3, 0.4) is 0 Å². The first-order valence-electron chi connectivity index (χ1n) is 3.81. The molecule has 1 aromatic rings. The van der Waals surface area contributed by atoms with E-state index >= 15 is 0 Å². The smallest absolute Gasteiger partial charge is 0.0731 e. The second kappa shape index (κ2) is 5.71. The van der Waals surface area contributed by atoms with Crippen LogP contribution in [0, 0.1) is 0 Å². The average molecular weight is 240 g/mol. The van der Waals surface area contributed by atoms with Gasteiger partial charge in [0.05, 0.1) is 13.2 Å². The molecule has 0 saturated carbocycles. The highest BCUT2D eigenvalue weighted by molar-refractivity contribution is 6.35. The van der Waals surface area contributed by atoms with Gasteiger partial charge in [-0.2, -0.15) is 0 Å². The van der Waals surface area contributed by atoms with Crippen molar-refractivity contribution in [3.63, 3.8) is 0 Å². The fourth-order valence-corrected chi connectivity index (χ4v) is 1.45. The Kier molecular flexibility index (Phi) is 4.89. The van der Waals surface area contributed by atoms with Crippen LogP contribution in [-0.2, 0) is 11.3 Å². The molecule has 0 aliphatic carbocycles. The lowest BCUT2D eigenvalue weighted by molar-refractivity contribution is 0.136. The molecule has 0 atom stereocenters. The topological polar surface area (TPSA) is 9.23 Å². The van der Waals surface area contributed by atoms with Crippen LogP contribution in [0.2, 0.25) is 10.0 Å². The van der Waals surface area contributed by atoms with Gasteiger partial charge in [-0.25, -0.2) is 0 Å². The van der Waals surface area contributed by atoms with E-state index in [2.05, 4.69) is 0 Å². The lowest BCUT2D eigenvalue weighted by atomic mass is 10.2. The summed E-state index contributed by atoms with van der Waals surface area (Å²) in [6.45, 7) is 1.00. The molecule has 1 rings (SSSR count). The number of hydrogen-bond donors (Lipinski definition) is 0. The van der Waals surface area contributed by atoms with Crippen LogP contribution in [0.15, 0.2) is 18.2 Å². The van der Waals surface area contributed by atoms with Crippen LogP contribution >= 0.6 is 34.8 Å². The molecule has 0 saturated heterocycles. The fourth-order valence-electron chi connectivity index (χ4n) is 0.875. The van der Waals surface area contributed by atoms with Gasteiger partial charge in [-0.3, -0.25) is 0 Å². The summed E-state index contributed by atoms with van der Waals surface area (Å²) in [5.41, 5.74) is 0.927. The molecule has 13 heavy (non-hydrogen) atoms. The summed E-state index contributed by atoms with van der Waals surface area (Å²) < 4.78 is 5.23. The Bertz CT molecular complexity index is 276. The highest BCUT2D eigenvalue weighted by Gasteiger charge is 2.00. The maximum absolute atomic E-state index is 5.91. The molecular weight excluding hydrogens is 230 g/mol. The Balaban J connectivity index is 2.56. The quantitative estimate of drug-likeness (QED) is 0.574. The van der Waals surface area contributed by atoms with Crippen molar-refractivity contribution in [3.05, 3.63) is 33.8 Å². The minimum Gasteiger partial charge on any atom is -0.375 e. The molecule has 0 radical (unpaired) electrons. The number of ether oxygens (including phenoxy) is 1. The lowest BCUT2D eigenvalue weighted by Crippen LogP contribution is -1.96. The maximum atomic E-state index is 5.91. The molecule has 0 spiro atoms. The van der Waals surface area contributed by atoms with E-state index in [1.165, 1.54) is 0 Å². The number of rotatable bonds is 4. The van der Waals surface area contributed by atoms with E-state index in [1.807, 2.05) is 6.07 Å². The maximum Gasteiger partial charge on any atom is 0.0731 e. The Morgan fingerprint density at radius 1 is 1.23 bits per heavy atom. The first-order valence-corrected chi connectivity index (χ1v) is 5.10. The van der Waals surface area contributed by atoms with Gasteiger partial charge in [0.25, 0.3) is 0 Å². The first kappa shape index (κ1) is 11.1. The largest absolute Gasteiger partial charge is 0.375 e. The SMILES string of the molecule is ClCCOCc1ccc(Cl)cc1Cl. The van der Waals surface area contributed by atoms with E-state index in [1.54, 1.807) is 12.1 Å². The van der Waals surface area contributed by atoms with Crippen LogP contribution in [0.25, 0.3) is 0 Å². The van der Waals surface area contributed by atoms with E-state index in [-0.39, 0.29) is 0 Å². The van der Waals surface area contributed by atoms with Crippen molar-refractivity contribution in [1.82, 2.24) is 0 Å². The molecule has 0 bridgehead atoms. The Morgan fingerprint density at radius 3 is 2.62 bits per heavy atom. The summed E-state index contributed by atoms with van der Waals surface area (Å²) >= 11 is 17.1. The van der Waals surface area contributed by atoms with Crippen molar-refractivity contribution in [2.75, 3.05) is 12.5 Å². The zero-order valence-electron chi connectivity index (χ0n) is 6.90. The van der Waals surface area contributed by atoms with Crippen LogP contribution in [0.1, 0.15) is 5.56 Å². The molecule has 0 aliphatic rings. The van der Waals surface area contributed by atoms with Crippen LogP contribution in [-0.4, -0.2) is 12.5 Å². The molecule has 0 N–H and O–H groups in total. The summed E-state index contributed by atoms with van der Waals surface area (Å²) in [6.07, 6.45) is 0. The summed E-state index contributed by atoms with van der Waals surface area (Å²) in [4.78, 5) is 0. The summed E-state index contributed by atoms with van der Waals surface area (Å²) in [6, 6.07) is 5.33. The third-order valence-electron chi connectivity index (χ3n) is 1.49. The first-order chi connectivity index (χ1) is 6.24. The second-order valence-electron chi connectivity index (χ2n) is 2.48. The predicted molar refractivity (Wildman–Crippen MR) is 56.8 cm³/mol. The van der Waals surface area contributed by atoms with Gasteiger partial charge < -0.3 is 4.74 Å². The summed E-state index contributed by atoms with van der Waals surface area (Å²) in [5.74, 6) is 0.491. The molecule has 0 aliphatic heterocycles. The van der Waals surface area contributed by atoms with Crippen molar-refractivity contribution >= 4 is 34.8 Å². The second-order valence-corrected chi connectivity index (χ2v) is 3.70. The van der Waals surface area contributed by atoms with Crippen molar-refractivity contribution < 1.29 is 4.74 Å². The van der Waals surface area contributed by atoms with Gasteiger partial charge in [0, 0.05) is 15.9 Å². The molecule has 0 aromatic heterocycles. The van der Waals surface area contributed by atoms with Crippen molar-refractivity contribution in [2.45, 2.75) is 6.61 Å². The van der Waals surface area contributed by atoms with Gasteiger partial charge in [-0.15, -0.1) is 11.6 Å².